The first kappa shape index (κ1) is 28.9. The highest BCUT2D eigenvalue weighted by Gasteiger charge is 2.35. The monoisotopic (exact) mass is 539 g/mol. The normalized spacial score (nSPS) is 11.9. The van der Waals surface area contributed by atoms with Crippen LogP contribution >= 0.6 is 23.2 Å². The van der Waals surface area contributed by atoms with Crippen LogP contribution in [0.1, 0.15) is 41.0 Å². The highest BCUT2D eigenvalue weighted by Crippen LogP contribution is 2.37. The standard InChI is InChI=1S/C24H27Cl2N3O7/c1-6-9-35-19-8-7-15(29(33)34)12-18(19)28-23(32)20(22(31)24(3,4)5)27-14-10-16(25)21(17(26)11-14)36-13(2)30/h7-8,10-12,20,27H,6,9H2,1-5H3,(H,28,32). The minimum absolute atomic E-state index is 0.0171. The van der Waals surface area contributed by atoms with Crippen LogP contribution in [0.2, 0.25) is 10.0 Å². The van der Waals surface area contributed by atoms with E-state index in [1.165, 1.54) is 31.2 Å². The fourth-order valence-corrected chi connectivity index (χ4v) is 3.57. The summed E-state index contributed by atoms with van der Waals surface area (Å²) >= 11 is 12.4. The molecule has 0 aliphatic carbocycles. The average Bonchev–Trinajstić information content (AvgIpc) is 2.77. The Balaban J connectivity index is 2.45. The molecule has 194 valence electrons. The van der Waals surface area contributed by atoms with E-state index in [0.717, 1.165) is 6.07 Å². The molecule has 0 bridgehead atoms. The molecule has 0 spiro atoms. The fraction of sp³-hybridized carbons (Fsp3) is 0.375. The largest absolute Gasteiger partial charge is 0.491 e. The Morgan fingerprint density at radius 1 is 1.11 bits per heavy atom. The molecule has 0 saturated heterocycles. The number of anilines is 2. The molecule has 1 unspecified atom stereocenters. The minimum Gasteiger partial charge on any atom is -0.491 e. The minimum atomic E-state index is -1.44. The molecule has 0 aromatic heterocycles. The van der Waals surface area contributed by atoms with Gasteiger partial charge in [0.25, 0.3) is 11.6 Å². The smallest absolute Gasteiger partial charge is 0.308 e. The number of nitro benzene ring substituents is 1. The highest BCUT2D eigenvalue weighted by atomic mass is 35.5. The van der Waals surface area contributed by atoms with Gasteiger partial charge in [0.05, 0.1) is 27.3 Å². The second-order valence-corrected chi connectivity index (χ2v) is 9.64. The van der Waals surface area contributed by atoms with Gasteiger partial charge in [-0.3, -0.25) is 24.5 Å². The van der Waals surface area contributed by atoms with Crippen molar-refractivity contribution in [2.75, 3.05) is 17.2 Å². The van der Waals surface area contributed by atoms with E-state index in [1.54, 1.807) is 20.8 Å². The summed E-state index contributed by atoms with van der Waals surface area (Å²) in [6.45, 7) is 8.32. The van der Waals surface area contributed by atoms with Crippen molar-refractivity contribution < 1.29 is 28.8 Å². The number of hydrogen-bond donors (Lipinski definition) is 2. The molecule has 0 aliphatic heterocycles. The number of benzene rings is 2. The lowest BCUT2D eigenvalue weighted by atomic mass is 9.86. The van der Waals surface area contributed by atoms with Gasteiger partial charge in [-0.05, 0) is 24.6 Å². The van der Waals surface area contributed by atoms with Crippen LogP contribution in [0.5, 0.6) is 11.5 Å². The van der Waals surface area contributed by atoms with Gasteiger partial charge in [-0.2, -0.15) is 0 Å². The summed E-state index contributed by atoms with van der Waals surface area (Å²) in [5, 5.41) is 16.6. The number of ether oxygens (including phenoxy) is 2. The zero-order valence-corrected chi connectivity index (χ0v) is 22.0. The molecule has 0 fully saturated rings. The number of esters is 1. The molecule has 1 atom stereocenters. The Kier molecular flexibility index (Phi) is 9.66. The number of rotatable bonds is 10. The number of Topliss-reactive ketones (excluding diaryl/α,β-unsaturated/α-hetero) is 1. The summed E-state index contributed by atoms with van der Waals surface area (Å²) in [6, 6.07) is 5.06. The summed E-state index contributed by atoms with van der Waals surface area (Å²) in [4.78, 5) is 48.5. The third-order valence-corrected chi connectivity index (χ3v) is 5.27. The van der Waals surface area contributed by atoms with Gasteiger partial charge in [0, 0.05) is 30.2 Å². The van der Waals surface area contributed by atoms with E-state index in [1.807, 2.05) is 6.92 Å². The molecule has 1 amide bonds. The third-order valence-electron chi connectivity index (χ3n) is 4.71. The van der Waals surface area contributed by atoms with Gasteiger partial charge < -0.3 is 20.1 Å². The summed E-state index contributed by atoms with van der Waals surface area (Å²) < 4.78 is 10.6. The second kappa shape index (κ2) is 12.0. The van der Waals surface area contributed by atoms with Crippen molar-refractivity contribution in [1.82, 2.24) is 0 Å². The van der Waals surface area contributed by atoms with Crippen molar-refractivity contribution in [1.29, 1.82) is 0 Å². The van der Waals surface area contributed by atoms with Crippen molar-refractivity contribution in [3.63, 3.8) is 0 Å². The van der Waals surface area contributed by atoms with Crippen LogP contribution < -0.4 is 20.1 Å². The molecular weight excluding hydrogens is 513 g/mol. The Morgan fingerprint density at radius 2 is 1.72 bits per heavy atom. The van der Waals surface area contributed by atoms with Crippen LogP contribution in [0.4, 0.5) is 17.1 Å². The Labute approximate surface area is 218 Å². The van der Waals surface area contributed by atoms with Crippen LogP contribution in [-0.4, -0.2) is 35.2 Å². The maximum absolute atomic E-state index is 13.3. The average molecular weight is 540 g/mol. The first-order valence-corrected chi connectivity index (χ1v) is 11.7. The van der Waals surface area contributed by atoms with E-state index < -0.39 is 34.0 Å². The van der Waals surface area contributed by atoms with Crippen molar-refractivity contribution in [2.24, 2.45) is 5.41 Å². The van der Waals surface area contributed by atoms with Crippen LogP contribution in [0.15, 0.2) is 30.3 Å². The van der Waals surface area contributed by atoms with Gasteiger partial charge in [0.1, 0.15) is 5.75 Å². The molecule has 10 nitrogen and oxygen atoms in total. The maximum atomic E-state index is 13.3. The van der Waals surface area contributed by atoms with Gasteiger partial charge in [-0.25, -0.2) is 0 Å². The number of nitro groups is 1. The molecule has 0 radical (unpaired) electrons. The van der Waals surface area contributed by atoms with Gasteiger partial charge >= 0.3 is 5.97 Å². The van der Waals surface area contributed by atoms with E-state index in [-0.39, 0.29) is 38.6 Å². The summed E-state index contributed by atoms with van der Waals surface area (Å²) in [6.07, 6.45) is 0.669. The first-order valence-electron chi connectivity index (χ1n) is 10.9. The number of ketones is 1. The van der Waals surface area contributed by atoms with Crippen LogP contribution in [0, 0.1) is 15.5 Å². The van der Waals surface area contributed by atoms with Crippen molar-refractivity contribution in [3.8, 4) is 11.5 Å². The van der Waals surface area contributed by atoms with Gasteiger partial charge in [0.15, 0.2) is 17.6 Å². The number of carbonyl (C=O) groups excluding carboxylic acids is 3. The van der Waals surface area contributed by atoms with E-state index in [4.69, 9.17) is 32.7 Å². The summed E-state index contributed by atoms with van der Waals surface area (Å²) in [5.74, 6) is -1.73. The molecule has 2 aromatic rings. The van der Waals surface area contributed by atoms with Crippen LogP contribution in [0.25, 0.3) is 0 Å². The molecule has 2 N–H and O–H groups in total. The van der Waals surface area contributed by atoms with E-state index in [0.29, 0.717) is 13.0 Å². The van der Waals surface area contributed by atoms with Crippen molar-refractivity contribution >= 4 is 57.9 Å². The Bertz CT molecular complexity index is 1160. The van der Waals surface area contributed by atoms with Gasteiger partial charge in [-0.15, -0.1) is 0 Å². The fourth-order valence-electron chi connectivity index (χ4n) is 3.01. The molecule has 0 heterocycles. The number of non-ortho nitro benzene ring substituents is 1. The lowest BCUT2D eigenvalue weighted by Crippen LogP contribution is -2.46. The summed E-state index contributed by atoms with van der Waals surface area (Å²) in [5.41, 5.74) is -0.956. The number of nitrogens with one attached hydrogen (secondary N) is 2. The molecule has 36 heavy (non-hydrogen) atoms. The van der Waals surface area contributed by atoms with E-state index in [9.17, 15) is 24.5 Å². The van der Waals surface area contributed by atoms with E-state index >= 15 is 0 Å². The van der Waals surface area contributed by atoms with Gasteiger partial charge in [-0.1, -0.05) is 50.9 Å². The zero-order chi connectivity index (χ0) is 27.2. The summed E-state index contributed by atoms with van der Waals surface area (Å²) in [7, 11) is 0. The number of hydrogen-bond acceptors (Lipinski definition) is 8. The van der Waals surface area contributed by atoms with Crippen molar-refractivity contribution in [2.45, 2.75) is 47.1 Å². The predicted molar refractivity (Wildman–Crippen MR) is 137 cm³/mol. The maximum Gasteiger partial charge on any atom is 0.308 e. The lowest BCUT2D eigenvalue weighted by molar-refractivity contribution is -0.384. The third kappa shape index (κ3) is 7.56. The molecule has 2 aromatic carbocycles. The number of halogens is 2. The molecular formula is C24H27Cl2N3O7. The van der Waals surface area contributed by atoms with Crippen LogP contribution in [-0.2, 0) is 14.4 Å². The highest BCUT2D eigenvalue weighted by molar-refractivity contribution is 6.37. The molecule has 2 rings (SSSR count). The lowest BCUT2D eigenvalue weighted by Gasteiger charge is -2.26. The van der Waals surface area contributed by atoms with E-state index in [2.05, 4.69) is 10.6 Å². The topological polar surface area (TPSA) is 137 Å². The number of nitrogens with zero attached hydrogens (tertiary/aromatic N) is 1. The Morgan fingerprint density at radius 3 is 2.22 bits per heavy atom. The SMILES string of the molecule is CCCOc1ccc([N+](=O)[O-])cc1NC(=O)C(Nc1cc(Cl)c(OC(C)=O)c(Cl)c1)C(=O)C(C)(C)C. The molecule has 12 heteroatoms. The molecule has 0 aliphatic rings. The quantitative estimate of drug-likeness (QED) is 0.130. The molecule has 0 saturated carbocycles. The second-order valence-electron chi connectivity index (χ2n) is 8.83. The number of amides is 1. The predicted octanol–water partition coefficient (Wildman–Crippen LogP) is 5.65. The van der Waals surface area contributed by atoms with Crippen LogP contribution in [0.3, 0.4) is 0 Å². The van der Waals surface area contributed by atoms with Crippen molar-refractivity contribution in [3.05, 3.63) is 50.5 Å². The van der Waals surface area contributed by atoms with Gasteiger partial charge in [0.2, 0.25) is 0 Å². The first-order chi connectivity index (χ1) is 16.7. The Hall–Kier alpha value is -3.37. The zero-order valence-electron chi connectivity index (χ0n) is 20.4. The number of carbonyl (C=O) groups is 3.